The summed E-state index contributed by atoms with van der Waals surface area (Å²) < 4.78 is 0. The van der Waals surface area contributed by atoms with Gasteiger partial charge < -0.3 is 11.1 Å². The molecule has 3 nitrogen and oxygen atoms in total. The van der Waals surface area contributed by atoms with Crippen molar-refractivity contribution < 1.29 is 4.79 Å². The molecule has 0 aliphatic heterocycles. The first kappa shape index (κ1) is 13.1. The summed E-state index contributed by atoms with van der Waals surface area (Å²) in [4.78, 5) is 12.3. The lowest BCUT2D eigenvalue weighted by atomic mass is 9.87. The van der Waals surface area contributed by atoms with Crippen LogP contribution in [0, 0.1) is 12.3 Å². The maximum atomic E-state index is 12.3. The molecule has 0 unspecified atom stereocenters. The lowest BCUT2D eigenvalue weighted by molar-refractivity contribution is -0.124. The van der Waals surface area contributed by atoms with E-state index in [0.29, 0.717) is 6.54 Å². The fourth-order valence-corrected chi connectivity index (χ4v) is 2.59. The molecule has 3 heteroatoms. The normalized spacial score (nSPS) is 17.7. The molecule has 0 saturated heterocycles. The Morgan fingerprint density at radius 3 is 2.67 bits per heavy atom. The standard InChI is InChI=1S/C15H22N2O/c1-11-5-6-12(10-16)9-13(11)17-14(18)15(2)7-3-4-8-15/h5-6,9H,3-4,7-8,10,16H2,1-2H3,(H,17,18). The second-order valence-electron chi connectivity index (χ2n) is 5.58. The summed E-state index contributed by atoms with van der Waals surface area (Å²) >= 11 is 0. The van der Waals surface area contributed by atoms with Crippen molar-refractivity contribution in [3.63, 3.8) is 0 Å². The van der Waals surface area contributed by atoms with Gasteiger partial charge in [0.25, 0.3) is 0 Å². The Morgan fingerprint density at radius 2 is 2.06 bits per heavy atom. The van der Waals surface area contributed by atoms with Gasteiger partial charge in [-0.05, 0) is 37.0 Å². The molecule has 1 aromatic rings. The van der Waals surface area contributed by atoms with E-state index in [9.17, 15) is 4.79 Å². The molecule has 0 spiro atoms. The van der Waals surface area contributed by atoms with Gasteiger partial charge in [0.05, 0.1) is 0 Å². The van der Waals surface area contributed by atoms with Crippen LogP contribution in [-0.4, -0.2) is 5.91 Å². The van der Waals surface area contributed by atoms with Crippen LogP contribution in [0.5, 0.6) is 0 Å². The van der Waals surface area contributed by atoms with Crippen LogP contribution in [0.25, 0.3) is 0 Å². The van der Waals surface area contributed by atoms with Crippen LogP contribution in [0.2, 0.25) is 0 Å². The summed E-state index contributed by atoms with van der Waals surface area (Å²) in [7, 11) is 0. The number of amides is 1. The molecule has 0 atom stereocenters. The van der Waals surface area contributed by atoms with E-state index in [1.807, 2.05) is 25.1 Å². The summed E-state index contributed by atoms with van der Waals surface area (Å²) in [5.41, 5.74) is 8.48. The number of hydrogen-bond acceptors (Lipinski definition) is 2. The first-order valence-corrected chi connectivity index (χ1v) is 6.66. The predicted octanol–water partition coefficient (Wildman–Crippen LogP) is 2.97. The number of nitrogens with one attached hydrogen (secondary N) is 1. The van der Waals surface area contributed by atoms with Gasteiger partial charge in [-0.2, -0.15) is 0 Å². The van der Waals surface area contributed by atoms with Gasteiger partial charge in [-0.25, -0.2) is 0 Å². The van der Waals surface area contributed by atoms with E-state index in [-0.39, 0.29) is 11.3 Å². The van der Waals surface area contributed by atoms with Crippen molar-refractivity contribution in [3.8, 4) is 0 Å². The predicted molar refractivity (Wildman–Crippen MR) is 74.3 cm³/mol. The molecule has 3 N–H and O–H groups in total. The van der Waals surface area contributed by atoms with Crippen molar-refractivity contribution in [2.75, 3.05) is 5.32 Å². The minimum Gasteiger partial charge on any atom is -0.326 e. The number of benzene rings is 1. The summed E-state index contributed by atoms with van der Waals surface area (Å²) in [6.45, 7) is 4.57. The molecule has 0 radical (unpaired) electrons. The Kier molecular flexibility index (Phi) is 3.71. The summed E-state index contributed by atoms with van der Waals surface area (Å²) in [6.07, 6.45) is 4.31. The largest absolute Gasteiger partial charge is 0.326 e. The van der Waals surface area contributed by atoms with Crippen molar-refractivity contribution in [2.24, 2.45) is 11.1 Å². The maximum absolute atomic E-state index is 12.3. The van der Waals surface area contributed by atoms with Crippen LogP contribution in [-0.2, 0) is 11.3 Å². The lowest BCUT2D eigenvalue weighted by Gasteiger charge is -2.23. The number of carbonyl (C=O) groups excluding carboxylic acids is 1. The van der Waals surface area contributed by atoms with Crippen LogP contribution >= 0.6 is 0 Å². The minimum absolute atomic E-state index is 0.150. The molecule has 1 fully saturated rings. The highest BCUT2D eigenvalue weighted by molar-refractivity contribution is 5.95. The third-order valence-electron chi connectivity index (χ3n) is 4.04. The minimum atomic E-state index is -0.189. The maximum Gasteiger partial charge on any atom is 0.230 e. The van der Waals surface area contributed by atoms with Crippen LogP contribution < -0.4 is 11.1 Å². The highest BCUT2D eigenvalue weighted by atomic mass is 16.2. The van der Waals surface area contributed by atoms with E-state index in [2.05, 4.69) is 12.2 Å². The molecular weight excluding hydrogens is 224 g/mol. The topological polar surface area (TPSA) is 55.1 Å². The molecule has 2 rings (SSSR count). The second kappa shape index (κ2) is 5.11. The van der Waals surface area contributed by atoms with Gasteiger partial charge in [-0.15, -0.1) is 0 Å². The molecule has 1 aromatic carbocycles. The van der Waals surface area contributed by atoms with Gasteiger partial charge in [0.2, 0.25) is 5.91 Å². The second-order valence-corrected chi connectivity index (χ2v) is 5.58. The van der Waals surface area contributed by atoms with Gasteiger partial charge in [0, 0.05) is 17.6 Å². The van der Waals surface area contributed by atoms with Crippen LogP contribution in [0.1, 0.15) is 43.7 Å². The van der Waals surface area contributed by atoms with Gasteiger partial charge >= 0.3 is 0 Å². The zero-order valence-electron chi connectivity index (χ0n) is 11.3. The smallest absolute Gasteiger partial charge is 0.230 e. The lowest BCUT2D eigenvalue weighted by Crippen LogP contribution is -2.31. The molecule has 18 heavy (non-hydrogen) atoms. The van der Waals surface area contributed by atoms with E-state index >= 15 is 0 Å². The number of rotatable bonds is 3. The third-order valence-corrected chi connectivity index (χ3v) is 4.04. The summed E-state index contributed by atoms with van der Waals surface area (Å²) in [5, 5.41) is 3.07. The molecule has 0 aromatic heterocycles. The quantitative estimate of drug-likeness (QED) is 0.861. The Bertz CT molecular complexity index is 448. The molecule has 1 saturated carbocycles. The fraction of sp³-hybridized carbons (Fsp3) is 0.533. The number of nitrogens with two attached hydrogens (primary N) is 1. The van der Waals surface area contributed by atoms with Gasteiger partial charge in [-0.3, -0.25) is 4.79 Å². The average molecular weight is 246 g/mol. The van der Waals surface area contributed by atoms with E-state index in [4.69, 9.17) is 5.73 Å². The van der Waals surface area contributed by atoms with Crippen LogP contribution in [0.4, 0.5) is 5.69 Å². The first-order chi connectivity index (χ1) is 8.55. The molecule has 0 heterocycles. The Morgan fingerprint density at radius 1 is 1.39 bits per heavy atom. The van der Waals surface area contributed by atoms with E-state index in [1.165, 1.54) is 0 Å². The molecule has 1 amide bonds. The van der Waals surface area contributed by atoms with E-state index < -0.39 is 0 Å². The van der Waals surface area contributed by atoms with E-state index in [1.54, 1.807) is 0 Å². The summed E-state index contributed by atoms with van der Waals surface area (Å²) in [6, 6.07) is 5.99. The Labute approximate surface area is 109 Å². The van der Waals surface area contributed by atoms with Crippen molar-refractivity contribution >= 4 is 11.6 Å². The Hall–Kier alpha value is -1.35. The molecule has 1 aliphatic rings. The summed E-state index contributed by atoms with van der Waals surface area (Å²) in [5.74, 6) is 0.150. The number of anilines is 1. The fourth-order valence-electron chi connectivity index (χ4n) is 2.59. The third kappa shape index (κ3) is 2.56. The van der Waals surface area contributed by atoms with Crippen LogP contribution in [0.15, 0.2) is 18.2 Å². The molecular formula is C15H22N2O. The van der Waals surface area contributed by atoms with Gasteiger partial charge in [0.1, 0.15) is 0 Å². The number of carbonyl (C=O) groups is 1. The van der Waals surface area contributed by atoms with Crippen molar-refractivity contribution in [1.82, 2.24) is 0 Å². The zero-order chi connectivity index (χ0) is 13.2. The average Bonchev–Trinajstić information content (AvgIpc) is 2.80. The number of hydrogen-bond donors (Lipinski definition) is 2. The molecule has 98 valence electrons. The SMILES string of the molecule is Cc1ccc(CN)cc1NC(=O)C1(C)CCCC1. The molecule has 1 aliphatic carbocycles. The monoisotopic (exact) mass is 246 g/mol. The van der Waals surface area contributed by atoms with E-state index in [0.717, 1.165) is 42.5 Å². The first-order valence-electron chi connectivity index (χ1n) is 6.66. The highest BCUT2D eigenvalue weighted by Gasteiger charge is 2.36. The van der Waals surface area contributed by atoms with Crippen molar-refractivity contribution in [2.45, 2.75) is 46.1 Å². The van der Waals surface area contributed by atoms with Crippen LogP contribution in [0.3, 0.4) is 0 Å². The number of aryl methyl sites for hydroxylation is 1. The van der Waals surface area contributed by atoms with Crippen molar-refractivity contribution in [3.05, 3.63) is 29.3 Å². The van der Waals surface area contributed by atoms with Gasteiger partial charge in [0.15, 0.2) is 0 Å². The highest BCUT2D eigenvalue weighted by Crippen LogP contribution is 2.38. The zero-order valence-corrected chi connectivity index (χ0v) is 11.3. The van der Waals surface area contributed by atoms with Crippen molar-refractivity contribution in [1.29, 1.82) is 0 Å². The van der Waals surface area contributed by atoms with Gasteiger partial charge in [-0.1, -0.05) is 31.9 Å². The molecule has 0 bridgehead atoms. The Balaban J connectivity index is 2.16.